The molecule has 1 aliphatic carbocycles. The molecule has 3 aromatic rings. The van der Waals surface area contributed by atoms with Crippen LogP contribution in [0.3, 0.4) is 0 Å². The summed E-state index contributed by atoms with van der Waals surface area (Å²) in [6, 6.07) is 8.62. The average molecular weight is 517 g/mol. The summed E-state index contributed by atoms with van der Waals surface area (Å²) in [5.74, 6) is 2.44. The predicted octanol–water partition coefficient (Wildman–Crippen LogP) is 5.43. The van der Waals surface area contributed by atoms with Gasteiger partial charge in [0.15, 0.2) is 0 Å². The molecule has 1 amide bonds. The van der Waals surface area contributed by atoms with E-state index in [2.05, 4.69) is 52.3 Å². The van der Waals surface area contributed by atoms with Crippen LogP contribution in [0.25, 0.3) is 11.3 Å². The minimum absolute atomic E-state index is 0.296. The van der Waals surface area contributed by atoms with Crippen molar-refractivity contribution in [2.75, 3.05) is 32.1 Å². The Labute approximate surface area is 225 Å². The lowest BCUT2D eigenvalue weighted by atomic mass is 9.88. The van der Waals surface area contributed by atoms with Gasteiger partial charge in [0.25, 0.3) is 0 Å². The third-order valence-corrected chi connectivity index (χ3v) is 8.14. The van der Waals surface area contributed by atoms with E-state index in [4.69, 9.17) is 9.72 Å². The maximum Gasteiger partial charge on any atom is 0.227 e. The van der Waals surface area contributed by atoms with Crippen LogP contribution in [0, 0.1) is 11.8 Å². The fourth-order valence-electron chi connectivity index (χ4n) is 5.80. The SMILES string of the molecule is COCCn1cc(Nc2nccc(-c3ccc4c(c3)CCCCC4CC(=O)N3CCC(C(C)C)C3)n2)cn1. The van der Waals surface area contributed by atoms with E-state index in [0.717, 1.165) is 62.1 Å². The van der Waals surface area contributed by atoms with Crippen LogP contribution in [0.15, 0.2) is 42.9 Å². The zero-order valence-corrected chi connectivity index (χ0v) is 22.9. The number of methoxy groups -OCH3 is 1. The highest BCUT2D eigenvalue weighted by Gasteiger charge is 2.30. The molecule has 202 valence electrons. The van der Waals surface area contributed by atoms with Crippen LogP contribution in [-0.4, -0.2) is 57.4 Å². The van der Waals surface area contributed by atoms with Gasteiger partial charge in [-0.15, -0.1) is 0 Å². The van der Waals surface area contributed by atoms with Gasteiger partial charge in [-0.25, -0.2) is 9.97 Å². The Kier molecular flexibility index (Phi) is 8.37. The minimum atomic E-state index is 0.296. The van der Waals surface area contributed by atoms with Crippen LogP contribution in [0.1, 0.15) is 63.0 Å². The molecular formula is C30H40N6O2. The van der Waals surface area contributed by atoms with E-state index >= 15 is 0 Å². The lowest BCUT2D eigenvalue weighted by molar-refractivity contribution is -0.130. The number of amides is 1. The Bertz CT molecular complexity index is 1240. The van der Waals surface area contributed by atoms with Crippen molar-refractivity contribution in [3.63, 3.8) is 0 Å². The van der Waals surface area contributed by atoms with Crippen LogP contribution in [0.2, 0.25) is 0 Å². The minimum Gasteiger partial charge on any atom is -0.383 e. The monoisotopic (exact) mass is 516 g/mol. The molecule has 38 heavy (non-hydrogen) atoms. The summed E-state index contributed by atoms with van der Waals surface area (Å²) in [5, 5.41) is 7.60. The van der Waals surface area contributed by atoms with Crippen LogP contribution >= 0.6 is 0 Å². The number of anilines is 2. The van der Waals surface area contributed by atoms with Gasteiger partial charge in [-0.05, 0) is 66.7 Å². The van der Waals surface area contributed by atoms with Crippen LogP contribution in [0.5, 0.6) is 0 Å². The number of benzene rings is 1. The highest BCUT2D eigenvalue weighted by molar-refractivity contribution is 5.77. The first kappa shape index (κ1) is 26.4. The van der Waals surface area contributed by atoms with Gasteiger partial charge >= 0.3 is 0 Å². The molecule has 3 heterocycles. The molecule has 2 aromatic heterocycles. The Balaban J connectivity index is 1.29. The largest absolute Gasteiger partial charge is 0.383 e. The van der Waals surface area contributed by atoms with Crippen LogP contribution < -0.4 is 5.32 Å². The van der Waals surface area contributed by atoms with Crippen molar-refractivity contribution < 1.29 is 9.53 Å². The van der Waals surface area contributed by atoms with Gasteiger partial charge in [-0.2, -0.15) is 5.10 Å². The van der Waals surface area contributed by atoms with Gasteiger partial charge in [-0.1, -0.05) is 32.4 Å². The van der Waals surface area contributed by atoms with E-state index < -0.39 is 0 Å². The molecule has 0 radical (unpaired) electrons. The number of aryl methyl sites for hydroxylation is 1. The Hall–Kier alpha value is -3.26. The number of rotatable bonds is 9. The molecule has 2 unspecified atom stereocenters. The third-order valence-electron chi connectivity index (χ3n) is 8.14. The lowest BCUT2D eigenvalue weighted by Crippen LogP contribution is -2.30. The highest BCUT2D eigenvalue weighted by Crippen LogP contribution is 2.36. The lowest BCUT2D eigenvalue weighted by Gasteiger charge is -2.23. The molecule has 5 rings (SSSR count). The van der Waals surface area contributed by atoms with Crippen molar-refractivity contribution in [1.82, 2.24) is 24.6 Å². The number of ether oxygens (including phenoxy) is 1. The number of aromatic nitrogens is 4. The van der Waals surface area contributed by atoms with Crippen molar-refractivity contribution in [3.8, 4) is 11.3 Å². The molecule has 1 saturated heterocycles. The fraction of sp³-hybridized carbons (Fsp3) is 0.533. The molecule has 0 bridgehead atoms. The normalized spacial score (nSPS) is 19.4. The maximum atomic E-state index is 13.2. The van der Waals surface area contributed by atoms with Gasteiger partial charge in [0.2, 0.25) is 11.9 Å². The van der Waals surface area contributed by atoms with Crippen molar-refractivity contribution >= 4 is 17.5 Å². The van der Waals surface area contributed by atoms with E-state index in [0.29, 0.717) is 49.2 Å². The van der Waals surface area contributed by atoms with E-state index in [-0.39, 0.29) is 0 Å². The maximum absolute atomic E-state index is 13.2. The number of nitrogens with one attached hydrogen (secondary N) is 1. The molecule has 1 N–H and O–H groups in total. The standard InChI is InChI=1S/C30H40N6O2/c1-21(2)25-11-13-35(19-25)29(37)17-23-7-5-4-6-22-16-24(8-9-27(22)23)28-10-12-31-30(34-28)33-26-18-32-36(20-26)14-15-38-3/h8-10,12,16,18,20-21,23,25H,4-7,11,13-15,17,19H2,1-3H3,(H,31,33,34). The zero-order valence-electron chi connectivity index (χ0n) is 22.9. The number of hydrogen-bond donors (Lipinski definition) is 1. The van der Waals surface area contributed by atoms with E-state index in [1.807, 2.05) is 16.9 Å². The Morgan fingerprint density at radius 3 is 2.92 bits per heavy atom. The molecule has 2 atom stereocenters. The van der Waals surface area contributed by atoms with Crippen LogP contribution in [0.4, 0.5) is 11.6 Å². The molecule has 8 nitrogen and oxygen atoms in total. The van der Waals surface area contributed by atoms with E-state index in [1.165, 1.54) is 11.1 Å². The van der Waals surface area contributed by atoms with Gasteiger partial charge < -0.3 is 15.0 Å². The second-order valence-electron chi connectivity index (χ2n) is 11.1. The second-order valence-corrected chi connectivity index (χ2v) is 11.1. The van der Waals surface area contributed by atoms with Gasteiger partial charge in [-0.3, -0.25) is 9.48 Å². The first-order valence-corrected chi connectivity index (χ1v) is 14.0. The quantitative estimate of drug-likeness (QED) is 0.382. The molecule has 0 saturated carbocycles. The zero-order chi connectivity index (χ0) is 26.5. The summed E-state index contributed by atoms with van der Waals surface area (Å²) < 4.78 is 6.95. The Morgan fingerprint density at radius 1 is 1.21 bits per heavy atom. The number of carbonyl (C=O) groups is 1. The van der Waals surface area contributed by atoms with E-state index in [9.17, 15) is 4.79 Å². The summed E-state index contributed by atoms with van der Waals surface area (Å²) in [5.41, 5.74) is 5.49. The fourth-order valence-corrected chi connectivity index (χ4v) is 5.80. The highest BCUT2D eigenvalue weighted by atomic mass is 16.5. The third kappa shape index (κ3) is 6.23. The first-order valence-electron chi connectivity index (χ1n) is 14.0. The first-order chi connectivity index (χ1) is 18.5. The molecule has 1 aliphatic heterocycles. The number of fused-ring (bicyclic) bond motifs is 1. The van der Waals surface area contributed by atoms with Crippen molar-refractivity contribution in [3.05, 3.63) is 54.0 Å². The predicted molar refractivity (Wildman–Crippen MR) is 149 cm³/mol. The van der Waals surface area contributed by atoms with Gasteiger partial charge in [0.1, 0.15) is 0 Å². The Morgan fingerprint density at radius 2 is 2.11 bits per heavy atom. The molecule has 1 aromatic carbocycles. The number of hydrogen-bond acceptors (Lipinski definition) is 6. The number of nitrogens with zero attached hydrogens (tertiary/aromatic N) is 5. The molecule has 8 heteroatoms. The summed E-state index contributed by atoms with van der Waals surface area (Å²) in [6.45, 7) is 7.68. The number of carbonyl (C=O) groups excluding carboxylic acids is 1. The summed E-state index contributed by atoms with van der Waals surface area (Å²) in [6.07, 6.45) is 11.7. The van der Waals surface area contributed by atoms with Gasteiger partial charge in [0.05, 0.1) is 30.7 Å². The van der Waals surface area contributed by atoms with Gasteiger partial charge in [0, 0.05) is 44.6 Å². The van der Waals surface area contributed by atoms with Crippen molar-refractivity contribution in [1.29, 1.82) is 0 Å². The van der Waals surface area contributed by atoms with Crippen LogP contribution in [-0.2, 0) is 22.5 Å². The smallest absolute Gasteiger partial charge is 0.227 e. The topological polar surface area (TPSA) is 85.2 Å². The second kappa shape index (κ2) is 12.1. The summed E-state index contributed by atoms with van der Waals surface area (Å²) in [7, 11) is 1.68. The van der Waals surface area contributed by atoms with Crippen molar-refractivity contribution in [2.24, 2.45) is 11.8 Å². The molecule has 1 fully saturated rings. The molecule has 2 aliphatic rings. The summed E-state index contributed by atoms with van der Waals surface area (Å²) in [4.78, 5) is 24.5. The van der Waals surface area contributed by atoms with Crippen molar-refractivity contribution in [2.45, 2.75) is 64.8 Å². The molecular weight excluding hydrogens is 476 g/mol. The molecule has 0 spiro atoms. The number of likely N-dealkylation sites (tertiary alicyclic amines) is 1. The summed E-state index contributed by atoms with van der Waals surface area (Å²) >= 11 is 0. The van der Waals surface area contributed by atoms with E-state index in [1.54, 1.807) is 19.5 Å². The average Bonchev–Trinajstić information content (AvgIpc) is 3.55.